The summed E-state index contributed by atoms with van der Waals surface area (Å²) in [4.78, 5) is 13.7. The fourth-order valence-corrected chi connectivity index (χ4v) is 4.60. The van der Waals surface area contributed by atoms with Crippen LogP contribution in [0.2, 0.25) is 0 Å². The lowest BCUT2D eigenvalue weighted by molar-refractivity contribution is 0.295. The van der Waals surface area contributed by atoms with E-state index in [1.807, 2.05) is 29.6 Å². The molecule has 0 aliphatic rings. The number of ether oxygens (including phenoxy) is 2. The van der Waals surface area contributed by atoms with Gasteiger partial charge in [-0.15, -0.1) is 11.3 Å². The number of methoxy groups -OCH3 is 1. The summed E-state index contributed by atoms with van der Waals surface area (Å²) in [6.45, 7) is 0.470. The zero-order valence-electron chi connectivity index (χ0n) is 20.7. The van der Waals surface area contributed by atoms with E-state index < -0.39 is 0 Å². The largest absolute Gasteiger partial charge is 0.497 e. The van der Waals surface area contributed by atoms with Gasteiger partial charge in [-0.1, -0.05) is 35.5 Å². The van der Waals surface area contributed by atoms with Crippen LogP contribution >= 0.6 is 11.3 Å². The lowest BCUT2D eigenvalue weighted by atomic mass is 10.2. The van der Waals surface area contributed by atoms with Gasteiger partial charge in [-0.2, -0.15) is 10.1 Å². The third kappa shape index (κ3) is 5.25. The van der Waals surface area contributed by atoms with Crippen LogP contribution in [0, 0.1) is 5.82 Å². The van der Waals surface area contributed by atoms with Crippen molar-refractivity contribution >= 4 is 11.3 Å². The fraction of sp³-hybridized carbons (Fsp3) is 0.107. The van der Waals surface area contributed by atoms with Crippen molar-refractivity contribution in [2.75, 3.05) is 7.11 Å². The monoisotopic (exact) mass is 540 g/mol. The number of benzene rings is 2. The molecule has 11 heteroatoms. The summed E-state index contributed by atoms with van der Waals surface area (Å²) in [7, 11) is 1.62. The standard InChI is InChI=1S/C28H21FN6O3S/c1-36-20-8-6-18(7-9-20)17-37-27-21(28-30-11-13-39-28)15-31-26(32-27)24-14-25(23-10-12-38-34-23)35(33-24)16-19-4-2-3-5-22(19)29/h2-15H,16-17H2,1H3. The first-order valence-electron chi connectivity index (χ1n) is 11.9. The number of thiazole rings is 1. The first-order valence-corrected chi connectivity index (χ1v) is 12.8. The average molecular weight is 541 g/mol. The maximum Gasteiger partial charge on any atom is 0.227 e. The number of hydrogen-bond acceptors (Lipinski definition) is 9. The minimum Gasteiger partial charge on any atom is -0.497 e. The third-order valence-corrected chi connectivity index (χ3v) is 6.74. The molecule has 0 bridgehead atoms. The number of halogens is 1. The van der Waals surface area contributed by atoms with E-state index in [9.17, 15) is 4.39 Å². The second-order valence-electron chi connectivity index (χ2n) is 8.44. The molecule has 0 aliphatic heterocycles. The molecule has 0 unspecified atom stereocenters. The smallest absolute Gasteiger partial charge is 0.227 e. The van der Waals surface area contributed by atoms with Crippen molar-refractivity contribution in [1.82, 2.24) is 29.9 Å². The Labute approximate surface area is 226 Å². The maximum absolute atomic E-state index is 14.4. The van der Waals surface area contributed by atoms with E-state index in [2.05, 4.69) is 15.1 Å². The molecule has 6 aromatic rings. The molecule has 9 nitrogen and oxygen atoms in total. The second-order valence-corrected chi connectivity index (χ2v) is 9.33. The molecule has 0 atom stereocenters. The van der Waals surface area contributed by atoms with Gasteiger partial charge in [0.25, 0.3) is 0 Å². The molecule has 39 heavy (non-hydrogen) atoms. The Morgan fingerprint density at radius 1 is 1.03 bits per heavy atom. The van der Waals surface area contributed by atoms with Crippen LogP contribution in [0.25, 0.3) is 33.5 Å². The normalized spacial score (nSPS) is 11.0. The summed E-state index contributed by atoms with van der Waals surface area (Å²) in [6, 6.07) is 17.7. The molecule has 0 aliphatic carbocycles. The Hall–Kier alpha value is -4.90. The SMILES string of the molecule is COc1ccc(COc2nc(-c3cc(-c4ccon4)n(Cc4ccccc4F)n3)ncc2-c2nccs2)cc1. The minimum absolute atomic E-state index is 0.187. The van der Waals surface area contributed by atoms with E-state index in [0.717, 1.165) is 16.3 Å². The Bertz CT molecular complexity index is 1690. The van der Waals surface area contributed by atoms with Crippen LogP contribution in [0.5, 0.6) is 11.6 Å². The highest BCUT2D eigenvalue weighted by Gasteiger charge is 2.20. The van der Waals surface area contributed by atoms with Crippen LogP contribution in [0.3, 0.4) is 0 Å². The Morgan fingerprint density at radius 2 is 1.90 bits per heavy atom. The molecule has 4 heterocycles. The molecular formula is C28H21FN6O3S. The van der Waals surface area contributed by atoms with Gasteiger partial charge in [0.15, 0.2) is 5.82 Å². The van der Waals surface area contributed by atoms with Crippen molar-refractivity contribution in [2.45, 2.75) is 13.2 Å². The zero-order valence-corrected chi connectivity index (χ0v) is 21.5. The number of nitrogens with zero attached hydrogens (tertiary/aromatic N) is 6. The highest BCUT2D eigenvalue weighted by molar-refractivity contribution is 7.13. The summed E-state index contributed by atoms with van der Waals surface area (Å²) >= 11 is 1.46. The van der Waals surface area contributed by atoms with Crippen molar-refractivity contribution in [3.8, 4) is 45.1 Å². The van der Waals surface area contributed by atoms with E-state index in [4.69, 9.17) is 24.1 Å². The summed E-state index contributed by atoms with van der Waals surface area (Å²) in [6.07, 6.45) is 4.87. The van der Waals surface area contributed by atoms with Gasteiger partial charge in [0.2, 0.25) is 5.88 Å². The number of aromatic nitrogens is 6. The van der Waals surface area contributed by atoms with E-state index in [1.165, 1.54) is 23.7 Å². The molecule has 6 rings (SSSR count). The molecule has 194 valence electrons. The van der Waals surface area contributed by atoms with Gasteiger partial charge in [0.05, 0.1) is 24.9 Å². The predicted molar refractivity (Wildman–Crippen MR) is 143 cm³/mol. The molecule has 0 spiro atoms. The van der Waals surface area contributed by atoms with Crippen molar-refractivity contribution < 1.29 is 18.4 Å². The topological polar surface area (TPSA) is 101 Å². The molecule has 0 saturated heterocycles. The van der Waals surface area contributed by atoms with Crippen molar-refractivity contribution in [3.63, 3.8) is 0 Å². The van der Waals surface area contributed by atoms with Gasteiger partial charge in [-0.25, -0.2) is 14.4 Å². The number of hydrogen-bond donors (Lipinski definition) is 0. The van der Waals surface area contributed by atoms with Gasteiger partial charge in [0, 0.05) is 29.4 Å². The van der Waals surface area contributed by atoms with E-state index in [1.54, 1.807) is 54.5 Å². The first kappa shape index (κ1) is 24.4. The predicted octanol–water partition coefficient (Wildman–Crippen LogP) is 5.89. The lowest BCUT2D eigenvalue weighted by Gasteiger charge is -2.10. The molecule has 0 amide bonds. The molecule has 4 aromatic heterocycles. The Kier molecular flexibility index (Phi) is 6.79. The summed E-state index contributed by atoms with van der Waals surface area (Å²) < 4.78 is 32.6. The van der Waals surface area contributed by atoms with Gasteiger partial charge >= 0.3 is 0 Å². The van der Waals surface area contributed by atoms with E-state index in [0.29, 0.717) is 39.9 Å². The van der Waals surface area contributed by atoms with Crippen LogP contribution in [0.15, 0.2) is 89.2 Å². The highest BCUT2D eigenvalue weighted by Crippen LogP contribution is 2.32. The zero-order chi connectivity index (χ0) is 26.6. The van der Waals surface area contributed by atoms with Crippen LogP contribution in [-0.4, -0.2) is 37.0 Å². The van der Waals surface area contributed by atoms with Crippen molar-refractivity contribution in [1.29, 1.82) is 0 Å². The van der Waals surface area contributed by atoms with Gasteiger partial charge in [-0.3, -0.25) is 4.68 Å². The Morgan fingerprint density at radius 3 is 2.64 bits per heavy atom. The highest BCUT2D eigenvalue weighted by atomic mass is 32.1. The van der Waals surface area contributed by atoms with Crippen LogP contribution in [0.4, 0.5) is 4.39 Å². The lowest BCUT2D eigenvalue weighted by Crippen LogP contribution is -2.06. The quantitative estimate of drug-likeness (QED) is 0.224. The molecule has 2 aromatic carbocycles. The maximum atomic E-state index is 14.4. The first-order chi connectivity index (χ1) is 19.2. The van der Waals surface area contributed by atoms with E-state index in [-0.39, 0.29) is 19.0 Å². The fourth-order valence-electron chi connectivity index (χ4n) is 3.96. The van der Waals surface area contributed by atoms with E-state index >= 15 is 0 Å². The molecular weight excluding hydrogens is 519 g/mol. The van der Waals surface area contributed by atoms with Crippen LogP contribution in [-0.2, 0) is 13.2 Å². The Balaban J connectivity index is 1.37. The number of rotatable bonds is 9. The van der Waals surface area contributed by atoms with Crippen LogP contribution < -0.4 is 9.47 Å². The van der Waals surface area contributed by atoms with Gasteiger partial charge < -0.3 is 14.0 Å². The molecule has 0 N–H and O–H groups in total. The van der Waals surface area contributed by atoms with Crippen LogP contribution in [0.1, 0.15) is 11.1 Å². The summed E-state index contributed by atoms with van der Waals surface area (Å²) in [5.74, 6) is 1.16. The summed E-state index contributed by atoms with van der Waals surface area (Å²) in [5.41, 5.74) is 3.77. The average Bonchev–Trinajstić information content (AvgIpc) is 3.76. The molecule has 0 radical (unpaired) electrons. The molecule has 0 fully saturated rings. The van der Waals surface area contributed by atoms with Crippen molar-refractivity contribution in [2.24, 2.45) is 0 Å². The minimum atomic E-state index is -0.320. The second kappa shape index (κ2) is 10.8. The van der Waals surface area contributed by atoms with Crippen molar-refractivity contribution in [3.05, 3.63) is 102 Å². The van der Waals surface area contributed by atoms with Gasteiger partial charge in [0.1, 0.15) is 40.8 Å². The summed E-state index contributed by atoms with van der Waals surface area (Å²) in [5, 5.41) is 11.4. The molecule has 0 saturated carbocycles. The third-order valence-electron chi connectivity index (χ3n) is 5.94. The van der Waals surface area contributed by atoms with Gasteiger partial charge in [-0.05, 0) is 29.8 Å².